The van der Waals surface area contributed by atoms with Crippen molar-refractivity contribution in [2.75, 3.05) is 12.0 Å². The molecule has 14 heavy (non-hydrogen) atoms. The number of hydrogen-bond acceptors (Lipinski definition) is 3. The number of aromatic nitrogens is 1. The lowest BCUT2D eigenvalue weighted by molar-refractivity contribution is 0.885. The van der Waals surface area contributed by atoms with Gasteiger partial charge in [0.05, 0.1) is 4.08 Å². The normalized spacial score (nSPS) is 26.4. The average Bonchev–Trinajstić information content (AvgIpc) is 2.31. The lowest BCUT2D eigenvalue weighted by atomic mass is 10.1. The zero-order chi connectivity index (χ0) is 9.86. The predicted octanol–water partition coefficient (Wildman–Crippen LogP) is 3.29. The molecule has 0 bridgehead atoms. The van der Waals surface area contributed by atoms with Crippen LogP contribution in [0.2, 0.25) is 0 Å². The number of allylic oxidation sites excluding steroid dienone is 1. The van der Waals surface area contributed by atoms with E-state index in [1.54, 1.807) is 0 Å². The van der Waals surface area contributed by atoms with Crippen LogP contribution in [0.25, 0.3) is 0 Å². The number of rotatable bonds is 2. The molecular weight excluding hydrogens is 210 g/mol. The second-order valence-corrected chi connectivity index (χ2v) is 5.86. The Morgan fingerprint density at radius 2 is 2.14 bits per heavy atom. The van der Waals surface area contributed by atoms with Crippen molar-refractivity contribution in [2.24, 2.45) is 0 Å². The molecule has 0 amide bonds. The molecule has 2 rings (SSSR count). The highest BCUT2D eigenvalue weighted by Crippen LogP contribution is 2.49. The first-order valence-corrected chi connectivity index (χ1v) is 6.83. The SMILES string of the molecule is CSC1(c2ccncc2)CC=CCS1. The second-order valence-electron chi connectivity index (χ2n) is 3.18. The fourth-order valence-corrected chi connectivity index (χ4v) is 3.94. The first kappa shape index (κ1) is 10.1. The molecule has 0 aliphatic carbocycles. The van der Waals surface area contributed by atoms with E-state index in [4.69, 9.17) is 0 Å². The van der Waals surface area contributed by atoms with Gasteiger partial charge in [0.25, 0.3) is 0 Å². The number of hydrogen-bond donors (Lipinski definition) is 0. The van der Waals surface area contributed by atoms with Gasteiger partial charge in [-0.2, -0.15) is 0 Å². The van der Waals surface area contributed by atoms with Crippen molar-refractivity contribution in [2.45, 2.75) is 10.5 Å². The van der Waals surface area contributed by atoms with E-state index in [0.717, 1.165) is 12.2 Å². The quantitative estimate of drug-likeness (QED) is 0.714. The molecular formula is C11H13NS2. The minimum absolute atomic E-state index is 0.220. The van der Waals surface area contributed by atoms with E-state index in [1.807, 2.05) is 35.9 Å². The van der Waals surface area contributed by atoms with Crippen LogP contribution >= 0.6 is 23.5 Å². The topological polar surface area (TPSA) is 12.9 Å². The minimum Gasteiger partial charge on any atom is -0.265 e. The van der Waals surface area contributed by atoms with Crippen molar-refractivity contribution in [3.8, 4) is 0 Å². The Bertz CT molecular complexity index is 323. The summed E-state index contributed by atoms with van der Waals surface area (Å²) in [5.74, 6) is 1.11. The van der Waals surface area contributed by atoms with Gasteiger partial charge < -0.3 is 0 Å². The Hall–Kier alpha value is -0.410. The Balaban J connectivity index is 2.33. The van der Waals surface area contributed by atoms with Crippen LogP contribution in [0.3, 0.4) is 0 Å². The van der Waals surface area contributed by atoms with Gasteiger partial charge in [-0.1, -0.05) is 12.2 Å². The van der Waals surface area contributed by atoms with Gasteiger partial charge in [0.2, 0.25) is 0 Å². The van der Waals surface area contributed by atoms with Gasteiger partial charge in [-0.25, -0.2) is 0 Å². The maximum atomic E-state index is 4.07. The van der Waals surface area contributed by atoms with Gasteiger partial charge in [0.1, 0.15) is 0 Å². The molecule has 1 aliphatic rings. The van der Waals surface area contributed by atoms with E-state index in [0.29, 0.717) is 0 Å². The maximum absolute atomic E-state index is 4.07. The highest BCUT2D eigenvalue weighted by Gasteiger charge is 2.31. The Morgan fingerprint density at radius 3 is 2.71 bits per heavy atom. The molecule has 2 heterocycles. The summed E-state index contributed by atoms with van der Waals surface area (Å²) in [6, 6.07) is 4.26. The molecule has 0 saturated carbocycles. The summed E-state index contributed by atoms with van der Waals surface area (Å²) in [4.78, 5) is 4.07. The van der Waals surface area contributed by atoms with Crippen LogP contribution in [-0.4, -0.2) is 17.0 Å². The number of nitrogens with zero attached hydrogens (tertiary/aromatic N) is 1. The lowest BCUT2D eigenvalue weighted by Gasteiger charge is -2.32. The van der Waals surface area contributed by atoms with Gasteiger partial charge >= 0.3 is 0 Å². The monoisotopic (exact) mass is 223 g/mol. The van der Waals surface area contributed by atoms with Crippen molar-refractivity contribution in [1.82, 2.24) is 4.98 Å². The zero-order valence-electron chi connectivity index (χ0n) is 8.14. The van der Waals surface area contributed by atoms with Gasteiger partial charge in [-0.3, -0.25) is 4.98 Å². The molecule has 0 radical (unpaired) electrons. The number of thioether (sulfide) groups is 2. The predicted molar refractivity (Wildman–Crippen MR) is 65.6 cm³/mol. The van der Waals surface area contributed by atoms with Gasteiger partial charge in [0, 0.05) is 18.1 Å². The van der Waals surface area contributed by atoms with Crippen LogP contribution < -0.4 is 0 Å². The Kier molecular flexibility index (Phi) is 3.19. The third kappa shape index (κ3) is 1.84. The smallest absolute Gasteiger partial charge is 0.0895 e. The molecule has 0 aromatic carbocycles. The molecule has 1 atom stereocenters. The molecule has 0 spiro atoms. The third-order valence-corrected chi connectivity index (χ3v) is 5.56. The first-order valence-electron chi connectivity index (χ1n) is 4.62. The van der Waals surface area contributed by atoms with Crippen LogP contribution in [0.5, 0.6) is 0 Å². The highest BCUT2D eigenvalue weighted by atomic mass is 32.2. The summed E-state index contributed by atoms with van der Waals surface area (Å²) in [6.07, 6.45) is 11.6. The molecule has 1 aliphatic heterocycles. The molecule has 74 valence electrons. The zero-order valence-corrected chi connectivity index (χ0v) is 9.78. The highest BCUT2D eigenvalue weighted by molar-refractivity contribution is 8.17. The molecule has 0 fully saturated rings. The van der Waals surface area contributed by atoms with E-state index in [2.05, 4.69) is 35.5 Å². The van der Waals surface area contributed by atoms with Gasteiger partial charge in [-0.05, 0) is 30.4 Å². The molecule has 0 N–H and O–H groups in total. The summed E-state index contributed by atoms with van der Waals surface area (Å²) in [6.45, 7) is 0. The maximum Gasteiger partial charge on any atom is 0.0895 e. The molecule has 3 heteroatoms. The Morgan fingerprint density at radius 1 is 1.36 bits per heavy atom. The number of pyridine rings is 1. The summed E-state index contributed by atoms with van der Waals surface area (Å²) >= 11 is 3.94. The van der Waals surface area contributed by atoms with Gasteiger partial charge in [-0.15, -0.1) is 23.5 Å². The summed E-state index contributed by atoms with van der Waals surface area (Å²) in [5.41, 5.74) is 1.38. The van der Waals surface area contributed by atoms with Crippen molar-refractivity contribution in [1.29, 1.82) is 0 Å². The Labute approximate surface area is 93.4 Å². The van der Waals surface area contributed by atoms with Gasteiger partial charge in [0.15, 0.2) is 0 Å². The minimum atomic E-state index is 0.220. The van der Waals surface area contributed by atoms with E-state index in [1.165, 1.54) is 5.56 Å². The standard InChI is InChI=1S/C11H13NS2/c1-13-11(6-2-3-9-14-11)10-4-7-12-8-5-10/h2-5,7-8H,6,9H2,1H3. The first-order chi connectivity index (χ1) is 6.87. The van der Waals surface area contributed by atoms with E-state index in [-0.39, 0.29) is 4.08 Å². The molecule has 1 aromatic rings. The van der Waals surface area contributed by atoms with Crippen LogP contribution in [0.4, 0.5) is 0 Å². The molecule has 0 saturated heterocycles. The van der Waals surface area contributed by atoms with Crippen LogP contribution in [0.1, 0.15) is 12.0 Å². The molecule has 1 aromatic heterocycles. The molecule has 1 unspecified atom stereocenters. The van der Waals surface area contributed by atoms with E-state index < -0.39 is 0 Å². The summed E-state index contributed by atoms with van der Waals surface area (Å²) in [7, 11) is 0. The van der Waals surface area contributed by atoms with E-state index in [9.17, 15) is 0 Å². The van der Waals surface area contributed by atoms with Crippen molar-refractivity contribution < 1.29 is 0 Å². The largest absolute Gasteiger partial charge is 0.265 e. The van der Waals surface area contributed by atoms with Crippen LogP contribution in [0.15, 0.2) is 36.7 Å². The van der Waals surface area contributed by atoms with Crippen molar-refractivity contribution in [3.05, 3.63) is 42.2 Å². The fraction of sp³-hybridized carbons (Fsp3) is 0.364. The fourth-order valence-electron chi connectivity index (χ4n) is 1.62. The second kappa shape index (κ2) is 4.41. The van der Waals surface area contributed by atoms with Crippen molar-refractivity contribution in [3.63, 3.8) is 0 Å². The molecule has 1 nitrogen and oxygen atoms in total. The third-order valence-electron chi connectivity index (χ3n) is 2.42. The van der Waals surface area contributed by atoms with Crippen LogP contribution in [0, 0.1) is 0 Å². The summed E-state index contributed by atoms with van der Waals surface area (Å²) < 4.78 is 0.220. The van der Waals surface area contributed by atoms with E-state index >= 15 is 0 Å². The van der Waals surface area contributed by atoms with Crippen molar-refractivity contribution >= 4 is 23.5 Å². The average molecular weight is 223 g/mol. The summed E-state index contributed by atoms with van der Waals surface area (Å²) in [5, 5.41) is 0. The van der Waals surface area contributed by atoms with Crippen LogP contribution in [-0.2, 0) is 4.08 Å². The lowest BCUT2D eigenvalue weighted by Crippen LogP contribution is -2.19.